The van der Waals surface area contributed by atoms with Gasteiger partial charge in [0, 0.05) is 0 Å². The first kappa shape index (κ1) is 5.44. The fourth-order valence-electron chi connectivity index (χ4n) is 0.478. The minimum Gasteiger partial charge on any atom is -0.494 e. The van der Waals surface area contributed by atoms with Gasteiger partial charge in [-0.15, -0.1) is 11.3 Å². The summed E-state index contributed by atoms with van der Waals surface area (Å²) in [6.07, 6.45) is 0. The third kappa shape index (κ3) is 0.767. The summed E-state index contributed by atoms with van der Waals surface area (Å²) in [5.74, 6) is 0.773. The molecule has 0 amide bonds. The van der Waals surface area contributed by atoms with Crippen molar-refractivity contribution in [3.63, 3.8) is 0 Å². The Balaban J connectivity index is 2.92. The number of nitrogens with two attached hydrogens (primary N) is 1. The lowest BCUT2D eigenvalue weighted by molar-refractivity contribution is 0.418. The van der Waals surface area contributed by atoms with E-state index in [-0.39, 0.29) is 0 Å². The zero-order valence-corrected chi connectivity index (χ0v) is 5.37. The van der Waals surface area contributed by atoms with Crippen LogP contribution in [0.4, 0.5) is 5.00 Å². The Kier molecular flexibility index (Phi) is 1.39. The number of hydrogen-bond acceptors (Lipinski definition) is 3. The lowest BCUT2D eigenvalue weighted by Gasteiger charge is -1.92. The fourth-order valence-corrected chi connectivity index (χ4v) is 1.08. The van der Waals surface area contributed by atoms with Gasteiger partial charge in [0.05, 0.1) is 7.11 Å². The normalized spacial score (nSPS) is 9.12. The average Bonchev–Trinajstić information content (AvgIpc) is 2.14. The zero-order valence-electron chi connectivity index (χ0n) is 4.55. The molecular formula is C5H7NOS. The van der Waals surface area contributed by atoms with Gasteiger partial charge in [-0.3, -0.25) is 0 Å². The molecule has 0 aliphatic rings. The zero-order chi connectivity index (χ0) is 5.98. The Bertz CT molecular complexity index is 173. The van der Waals surface area contributed by atoms with Gasteiger partial charge in [0.15, 0.2) is 5.75 Å². The van der Waals surface area contributed by atoms with Crippen LogP contribution in [0.1, 0.15) is 0 Å². The highest BCUT2D eigenvalue weighted by Crippen LogP contribution is 2.25. The summed E-state index contributed by atoms with van der Waals surface area (Å²) < 4.78 is 4.87. The Morgan fingerprint density at radius 3 is 2.75 bits per heavy atom. The van der Waals surface area contributed by atoms with Gasteiger partial charge in [-0.05, 0) is 11.4 Å². The van der Waals surface area contributed by atoms with E-state index in [0.717, 1.165) is 10.8 Å². The third-order valence-corrected chi connectivity index (χ3v) is 1.60. The molecule has 1 rings (SSSR count). The molecule has 0 saturated heterocycles. The second-order valence-electron chi connectivity index (χ2n) is 1.35. The molecule has 44 valence electrons. The lowest BCUT2D eigenvalue weighted by atomic mass is 10.6. The molecule has 2 nitrogen and oxygen atoms in total. The number of rotatable bonds is 1. The van der Waals surface area contributed by atoms with Crippen molar-refractivity contribution < 1.29 is 4.74 Å². The van der Waals surface area contributed by atoms with Crippen LogP contribution in [0.2, 0.25) is 0 Å². The largest absolute Gasteiger partial charge is 0.494 e. The molecule has 0 fully saturated rings. The number of hydrogen-bond donors (Lipinski definition) is 1. The molecule has 0 bridgehead atoms. The van der Waals surface area contributed by atoms with Crippen molar-refractivity contribution in [1.29, 1.82) is 0 Å². The number of ether oxygens (including phenoxy) is 1. The summed E-state index contributed by atoms with van der Waals surface area (Å²) in [4.78, 5) is 0. The van der Waals surface area contributed by atoms with Crippen LogP contribution < -0.4 is 10.5 Å². The van der Waals surface area contributed by atoms with Gasteiger partial charge in [0.2, 0.25) is 0 Å². The fraction of sp³-hybridized carbons (Fsp3) is 0.200. The molecule has 0 saturated carbocycles. The first-order chi connectivity index (χ1) is 3.84. The quantitative estimate of drug-likeness (QED) is 0.621. The number of anilines is 1. The van der Waals surface area contributed by atoms with Gasteiger partial charge in [0.25, 0.3) is 0 Å². The Morgan fingerprint density at radius 1 is 1.75 bits per heavy atom. The van der Waals surface area contributed by atoms with Crippen LogP contribution >= 0.6 is 11.3 Å². The molecule has 0 unspecified atom stereocenters. The summed E-state index contributed by atoms with van der Waals surface area (Å²) in [7, 11) is 1.61. The van der Waals surface area contributed by atoms with Crippen LogP contribution in [0.3, 0.4) is 0 Å². The first-order valence-corrected chi connectivity index (χ1v) is 3.09. The number of thiophene rings is 1. The third-order valence-electron chi connectivity index (χ3n) is 0.877. The van der Waals surface area contributed by atoms with Crippen LogP contribution in [-0.2, 0) is 0 Å². The second-order valence-corrected chi connectivity index (χ2v) is 2.30. The molecule has 0 aliphatic carbocycles. The monoisotopic (exact) mass is 129 g/mol. The van der Waals surface area contributed by atoms with Crippen LogP contribution in [-0.4, -0.2) is 7.11 Å². The van der Waals surface area contributed by atoms with Crippen LogP contribution in [0.5, 0.6) is 5.75 Å². The predicted molar refractivity (Wildman–Crippen MR) is 35.3 cm³/mol. The maximum Gasteiger partial charge on any atom is 0.152 e. The summed E-state index contributed by atoms with van der Waals surface area (Å²) in [5, 5.41) is 2.64. The van der Waals surface area contributed by atoms with Crippen LogP contribution in [0.25, 0.3) is 0 Å². The van der Waals surface area contributed by atoms with E-state index in [1.54, 1.807) is 7.11 Å². The molecule has 0 spiro atoms. The Morgan fingerprint density at radius 2 is 2.50 bits per heavy atom. The molecule has 1 heterocycles. The molecule has 3 heteroatoms. The maximum atomic E-state index is 5.44. The molecule has 1 aromatic heterocycles. The minimum atomic E-state index is 0.743. The van der Waals surface area contributed by atoms with Crippen molar-refractivity contribution in [2.75, 3.05) is 12.8 Å². The van der Waals surface area contributed by atoms with Crippen molar-refractivity contribution in [2.45, 2.75) is 0 Å². The van der Waals surface area contributed by atoms with E-state index in [4.69, 9.17) is 10.5 Å². The van der Waals surface area contributed by atoms with Crippen molar-refractivity contribution in [1.82, 2.24) is 0 Å². The van der Waals surface area contributed by atoms with Gasteiger partial charge in [-0.1, -0.05) is 0 Å². The molecular weight excluding hydrogens is 122 g/mol. The smallest absolute Gasteiger partial charge is 0.152 e. The highest BCUT2D eigenvalue weighted by atomic mass is 32.1. The van der Waals surface area contributed by atoms with Gasteiger partial charge < -0.3 is 10.5 Å². The maximum absolute atomic E-state index is 5.44. The van der Waals surface area contributed by atoms with Crippen molar-refractivity contribution in [2.24, 2.45) is 0 Å². The van der Waals surface area contributed by atoms with E-state index in [1.165, 1.54) is 11.3 Å². The summed E-state index contributed by atoms with van der Waals surface area (Å²) in [6.45, 7) is 0. The summed E-state index contributed by atoms with van der Waals surface area (Å²) >= 11 is 1.48. The molecule has 0 radical (unpaired) electrons. The highest BCUT2D eigenvalue weighted by Gasteiger charge is 1.95. The first-order valence-electron chi connectivity index (χ1n) is 2.21. The van der Waals surface area contributed by atoms with Crippen LogP contribution in [0, 0.1) is 0 Å². The molecule has 8 heavy (non-hydrogen) atoms. The number of nitrogen functional groups attached to an aromatic ring is 1. The SMILES string of the molecule is COc1ccsc1N. The van der Waals surface area contributed by atoms with E-state index in [1.807, 2.05) is 11.4 Å². The van der Waals surface area contributed by atoms with Crippen molar-refractivity contribution in [3.05, 3.63) is 11.4 Å². The van der Waals surface area contributed by atoms with Gasteiger partial charge in [-0.2, -0.15) is 0 Å². The molecule has 0 aliphatic heterocycles. The van der Waals surface area contributed by atoms with E-state index < -0.39 is 0 Å². The number of methoxy groups -OCH3 is 1. The topological polar surface area (TPSA) is 35.2 Å². The predicted octanol–water partition coefficient (Wildman–Crippen LogP) is 1.34. The standard InChI is InChI=1S/C5H7NOS/c1-7-4-2-3-8-5(4)6/h2-3H,6H2,1H3. The minimum absolute atomic E-state index is 0.743. The van der Waals surface area contributed by atoms with Gasteiger partial charge in [-0.25, -0.2) is 0 Å². The average molecular weight is 129 g/mol. The van der Waals surface area contributed by atoms with Gasteiger partial charge >= 0.3 is 0 Å². The Hall–Kier alpha value is -0.700. The van der Waals surface area contributed by atoms with Gasteiger partial charge in [0.1, 0.15) is 5.00 Å². The molecule has 0 aromatic carbocycles. The van der Waals surface area contributed by atoms with E-state index in [0.29, 0.717) is 0 Å². The lowest BCUT2D eigenvalue weighted by Crippen LogP contribution is -1.84. The second kappa shape index (κ2) is 2.05. The van der Waals surface area contributed by atoms with E-state index >= 15 is 0 Å². The van der Waals surface area contributed by atoms with Crippen LogP contribution in [0.15, 0.2) is 11.4 Å². The summed E-state index contributed by atoms with van der Waals surface area (Å²) in [6, 6.07) is 1.85. The highest BCUT2D eigenvalue weighted by molar-refractivity contribution is 7.14. The van der Waals surface area contributed by atoms with Crippen molar-refractivity contribution in [3.8, 4) is 5.75 Å². The molecule has 0 atom stereocenters. The van der Waals surface area contributed by atoms with E-state index in [2.05, 4.69) is 0 Å². The Labute approximate surface area is 51.9 Å². The van der Waals surface area contributed by atoms with Crippen molar-refractivity contribution >= 4 is 16.3 Å². The molecule has 2 N–H and O–H groups in total. The molecule has 1 aromatic rings. The summed E-state index contributed by atoms with van der Waals surface area (Å²) in [5.41, 5.74) is 5.44. The van der Waals surface area contributed by atoms with E-state index in [9.17, 15) is 0 Å².